The molecule has 4 heteroatoms. The zero-order valence-corrected chi connectivity index (χ0v) is 8.61. The number of aromatic nitrogens is 2. The van der Waals surface area contributed by atoms with Gasteiger partial charge in [0.1, 0.15) is 0 Å². The molecule has 0 unspecified atom stereocenters. The number of aromatic carboxylic acids is 1. The van der Waals surface area contributed by atoms with Crippen molar-refractivity contribution in [2.24, 2.45) is 0 Å². The number of hydrogen-bond acceptors (Lipinski definition) is 2. The van der Waals surface area contributed by atoms with Crippen LogP contribution in [0.15, 0.2) is 18.2 Å². The highest BCUT2D eigenvalue weighted by Crippen LogP contribution is 2.19. The Bertz CT molecular complexity index is 514. The number of carboxylic acids is 1. The maximum atomic E-state index is 10.7. The van der Waals surface area contributed by atoms with Crippen LogP contribution in [0.25, 0.3) is 11.0 Å². The number of benzene rings is 1. The van der Waals surface area contributed by atoms with Crippen LogP contribution in [0.5, 0.6) is 0 Å². The summed E-state index contributed by atoms with van der Waals surface area (Å²) in [5.74, 6) is -0.616. The van der Waals surface area contributed by atoms with Crippen molar-refractivity contribution in [3.8, 4) is 0 Å². The van der Waals surface area contributed by atoms with Gasteiger partial charge in [0.25, 0.3) is 0 Å². The maximum absolute atomic E-state index is 10.7. The molecule has 2 N–H and O–H groups in total. The predicted octanol–water partition coefficient (Wildman–Crippen LogP) is 2.38. The fourth-order valence-electron chi connectivity index (χ4n) is 1.49. The SMILES string of the molecule is CC(C)c1ccc2nc(C(=O)O)[nH]c2c1. The van der Waals surface area contributed by atoms with Crippen LogP contribution in [-0.4, -0.2) is 21.0 Å². The molecule has 1 aromatic heterocycles. The van der Waals surface area contributed by atoms with Gasteiger partial charge in [-0.3, -0.25) is 0 Å². The maximum Gasteiger partial charge on any atom is 0.371 e. The molecule has 0 bridgehead atoms. The Morgan fingerprint density at radius 3 is 2.80 bits per heavy atom. The standard InChI is InChI=1S/C11H12N2O2/c1-6(2)7-3-4-8-9(5-7)13-10(12-8)11(14)15/h3-6H,1-2H3,(H,12,13)(H,14,15). The normalized spacial score (nSPS) is 11.1. The van der Waals surface area contributed by atoms with Gasteiger partial charge in [0.2, 0.25) is 5.82 Å². The third-order valence-corrected chi connectivity index (χ3v) is 2.38. The fraction of sp³-hybridized carbons (Fsp3) is 0.273. The molecule has 2 rings (SSSR count). The van der Waals surface area contributed by atoms with Crippen molar-refractivity contribution in [1.82, 2.24) is 9.97 Å². The van der Waals surface area contributed by atoms with Crippen LogP contribution < -0.4 is 0 Å². The van der Waals surface area contributed by atoms with Crippen molar-refractivity contribution in [3.05, 3.63) is 29.6 Å². The molecule has 0 saturated heterocycles. The molecule has 0 atom stereocenters. The monoisotopic (exact) mass is 204 g/mol. The number of aromatic amines is 1. The average molecular weight is 204 g/mol. The summed E-state index contributed by atoms with van der Waals surface area (Å²) in [5, 5.41) is 8.77. The lowest BCUT2D eigenvalue weighted by Gasteiger charge is -2.03. The molecule has 0 fully saturated rings. The molecule has 4 nitrogen and oxygen atoms in total. The predicted molar refractivity (Wildman–Crippen MR) is 57.1 cm³/mol. The highest BCUT2D eigenvalue weighted by molar-refractivity contribution is 5.89. The van der Waals surface area contributed by atoms with Crippen molar-refractivity contribution in [1.29, 1.82) is 0 Å². The molecule has 2 aromatic rings. The third kappa shape index (κ3) is 1.70. The van der Waals surface area contributed by atoms with E-state index >= 15 is 0 Å². The minimum Gasteiger partial charge on any atom is -0.475 e. The van der Waals surface area contributed by atoms with Crippen LogP contribution in [0, 0.1) is 0 Å². The fourth-order valence-corrected chi connectivity index (χ4v) is 1.49. The van der Waals surface area contributed by atoms with E-state index in [-0.39, 0.29) is 5.82 Å². The van der Waals surface area contributed by atoms with E-state index in [4.69, 9.17) is 5.11 Å². The zero-order chi connectivity index (χ0) is 11.0. The molecule has 0 radical (unpaired) electrons. The molecule has 1 heterocycles. The van der Waals surface area contributed by atoms with Crippen LogP contribution in [0.1, 0.15) is 35.9 Å². The van der Waals surface area contributed by atoms with E-state index < -0.39 is 5.97 Å². The van der Waals surface area contributed by atoms with Crippen molar-refractivity contribution in [2.75, 3.05) is 0 Å². The minimum atomic E-state index is -1.03. The Morgan fingerprint density at radius 2 is 2.20 bits per heavy atom. The van der Waals surface area contributed by atoms with Crippen LogP contribution >= 0.6 is 0 Å². The summed E-state index contributed by atoms with van der Waals surface area (Å²) in [5.41, 5.74) is 2.64. The Balaban J connectivity index is 2.57. The first-order valence-electron chi connectivity index (χ1n) is 4.81. The van der Waals surface area contributed by atoms with Gasteiger partial charge in [-0.05, 0) is 23.6 Å². The number of hydrogen-bond donors (Lipinski definition) is 2. The van der Waals surface area contributed by atoms with E-state index in [1.807, 2.05) is 18.2 Å². The Labute approximate surface area is 87.0 Å². The average Bonchev–Trinajstić information content (AvgIpc) is 2.59. The molecule has 15 heavy (non-hydrogen) atoms. The number of carboxylic acid groups (broad SMARTS) is 1. The van der Waals surface area contributed by atoms with E-state index in [9.17, 15) is 4.79 Å². The second kappa shape index (κ2) is 3.38. The number of H-pyrrole nitrogens is 1. The number of nitrogens with zero attached hydrogens (tertiary/aromatic N) is 1. The summed E-state index contributed by atoms with van der Waals surface area (Å²) in [4.78, 5) is 17.4. The van der Waals surface area contributed by atoms with Gasteiger partial charge in [0, 0.05) is 0 Å². The molecule has 0 spiro atoms. The van der Waals surface area contributed by atoms with Gasteiger partial charge < -0.3 is 10.1 Å². The molecule has 0 saturated carbocycles. The van der Waals surface area contributed by atoms with E-state index in [2.05, 4.69) is 23.8 Å². The van der Waals surface area contributed by atoms with E-state index in [0.29, 0.717) is 11.4 Å². The lowest BCUT2D eigenvalue weighted by Crippen LogP contribution is -1.97. The van der Waals surface area contributed by atoms with Crippen LogP contribution in [0.2, 0.25) is 0 Å². The van der Waals surface area contributed by atoms with Gasteiger partial charge in [-0.1, -0.05) is 19.9 Å². The molecule has 0 aliphatic carbocycles. The quantitative estimate of drug-likeness (QED) is 0.789. The highest BCUT2D eigenvalue weighted by Gasteiger charge is 2.10. The third-order valence-electron chi connectivity index (χ3n) is 2.38. The topological polar surface area (TPSA) is 66.0 Å². The Morgan fingerprint density at radius 1 is 1.47 bits per heavy atom. The smallest absolute Gasteiger partial charge is 0.371 e. The number of rotatable bonds is 2. The lowest BCUT2D eigenvalue weighted by molar-refractivity contribution is 0.0685. The van der Waals surface area contributed by atoms with Gasteiger partial charge >= 0.3 is 5.97 Å². The van der Waals surface area contributed by atoms with E-state index in [1.165, 1.54) is 5.56 Å². The Kier molecular flexibility index (Phi) is 2.19. The molecular weight excluding hydrogens is 192 g/mol. The van der Waals surface area contributed by atoms with Crippen molar-refractivity contribution in [3.63, 3.8) is 0 Å². The van der Waals surface area contributed by atoms with Gasteiger partial charge in [0.15, 0.2) is 0 Å². The van der Waals surface area contributed by atoms with Gasteiger partial charge in [-0.15, -0.1) is 0 Å². The summed E-state index contributed by atoms with van der Waals surface area (Å²) in [6.45, 7) is 4.19. The summed E-state index contributed by atoms with van der Waals surface area (Å²) in [6, 6.07) is 5.76. The molecule has 0 amide bonds. The number of nitrogens with one attached hydrogen (secondary N) is 1. The van der Waals surface area contributed by atoms with Crippen LogP contribution in [-0.2, 0) is 0 Å². The van der Waals surface area contributed by atoms with E-state index in [0.717, 1.165) is 5.52 Å². The van der Waals surface area contributed by atoms with Crippen LogP contribution in [0.3, 0.4) is 0 Å². The van der Waals surface area contributed by atoms with Crippen LogP contribution in [0.4, 0.5) is 0 Å². The second-order valence-corrected chi connectivity index (χ2v) is 3.82. The molecule has 0 aliphatic rings. The van der Waals surface area contributed by atoms with Gasteiger partial charge in [-0.2, -0.15) is 0 Å². The first-order valence-corrected chi connectivity index (χ1v) is 4.81. The van der Waals surface area contributed by atoms with Gasteiger partial charge in [-0.25, -0.2) is 9.78 Å². The van der Waals surface area contributed by atoms with Crippen molar-refractivity contribution >= 4 is 17.0 Å². The Hall–Kier alpha value is -1.84. The number of fused-ring (bicyclic) bond motifs is 1. The van der Waals surface area contributed by atoms with Crippen molar-refractivity contribution < 1.29 is 9.90 Å². The summed E-state index contributed by atoms with van der Waals surface area (Å²) in [6.07, 6.45) is 0. The molecule has 1 aromatic carbocycles. The minimum absolute atomic E-state index is 0.00842. The first kappa shape index (κ1) is 9.71. The van der Waals surface area contributed by atoms with E-state index in [1.54, 1.807) is 0 Å². The number of carbonyl (C=O) groups is 1. The summed E-state index contributed by atoms with van der Waals surface area (Å²) >= 11 is 0. The molecular formula is C11H12N2O2. The summed E-state index contributed by atoms with van der Waals surface area (Å²) < 4.78 is 0. The zero-order valence-electron chi connectivity index (χ0n) is 8.61. The first-order chi connectivity index (χ1) is 7.08. The molecule has 0 aliphatic heterocycles. The lowest BCUT2D eigenvalue weighted by atomic mass is 10.0. The highest BCUT2D eigenvalue weighted by atomic mass is 16.4. The largest absolute Gasteiger partial charge is 0.475 e. The molecule has 78 valence electrons. The number of imidazole rings is 1. The van der Waals surface area contributed by atoms with Gasteiger partial charge in [0.05, 0.1) is 11.0 Å². The summed E-state index contributed by atoms with van der Waals surface area (Å²) in [7, 11) is 0. The second-order valence-electron chi connectivity index (χ2n) is 3.82. The van der Waals surface area contributed by atoms with Crippen molar-refractivity contribution in [2.45, 2.75) is 19.8 Å².